The number of rotatable bonds is 4. The first kappa shape index (κ1) is 16.1. The molecule has 0 radical (unpaired) electrons. The number of methoxy groups -OCH3 is 1. The lowest BCUT2D eigenvalue weighted by Crippen LogP contribution is -2.41. The molecular weight excluding hydrogens is 312 g/mol. The second kappa shape index (κ2) is 6.80. The normalized spacial score (nSPS) is 18.4. The van der Waals surface area contributed by atoms with Crippen LogP contribution in [0.1, 0.15) is 45.8 Å². The largest absolute Gasteiger partial charge is 0.378 e. The van der Waals surface area contributed by atoms with Gasteiger partial charge in [0.1, 0.15) is 10.7 Å². The Labute approximate surface area is 140 Å². The van der Waals surface area contributed by atoms with E-state index >= 15 is 0 Å². The van der Waals surface area contributed by atoms with Gasteiger partial charge in [0.25, 0.3) is 5.91 Å². The summed E-state index contributed by atoms with van der Waals surface area (Å²) in [5, 5.41) is 7.24. The van der Waals surface area contributed by atoms with Crippen molar-refractivity contribution in [2.45, 2.75) is 39.3 Å². The zero-order valence-corrected chi connectivity index (χ0v) is 14.6. The molecule has 0 aromatic carbocycles. The standard InChI is InChI=1S/C16H22N4O2S/c1-11-7-12(2)20(18-11)13-5-4-6-19(8-13)16(21)14-10-23-15(17-14)9-22-3/h7,10,13H,4-6,8-9H2,1-3H3/t13-/m1/s1. The van der Waals surface area contributed by atoms with Gasteiger partial charge in [0, 0.05) is 31.3 Å². The molecule has 23 heavy (non-hydrogen) atoms. The molecule has 1 fully saturated rings. The Morgan fingerprint density at radius 2 is 2.30 bits per heavy atom. The molecule has 1 aliphatic heterocycles. The summed E-state index contributed by atoms with van der Waals surface area (Å²) >= 11 is 1.47. The summed E-state index contributed by atoms with van der Waals surface area (Å²) in [6, 6.07) is 2.33. The summed E-state index contributed by atoms with van der Waals surface area (Å²) in [6.45, 7) is 6.00. The maximum absolute atomic E-state index is 12.7. The lowest BCUT2D eigenvalue weighted by molar-refractivity contribution is 0.0666. The molecule has 2 aromatic heterocycles. The van der Waals surface area contributed by atoms with Crippen molar-refractivity contribution in [2.75, 3.05) is 20.2 Å². The van der Waals surface area contributed by atoms with E-state index in [-0.39, 0.29) is 11.9 Å². The van der Waals surface area contributed by atoms with Crippen LogP contribution in [0.15, 0.2) is 11.4 Å². The lowest BCUT2D eigenvalue weighted by Gasteiger charge is -2.33. The molecule has 6 nitrogen and oxygen atoms in total. The number of likely N-dealkylation sites (tertiary alicyclic amines) is 1. The maximum Gasteiger partial charge on any atom is 0.273 e. The van der Waals surface area contributed by atoms with Gasteiger partial charge in [-0.05, 0) is 32.8 Å². The molecule has 0 spiro atoms. The highest BCUT2D eigenvalue weighted by atomic mass is 32.1. The number of hydrogen-bond acceptors (Lipinski definition) is 5. The van der Waals surface area contributed by atoms with Gasteiger partial charge >= 0.3 is 0 Å². The second-order valence-electron chi connectivity index (χ2n) is 5.98. The van der Waals surface area contributed by atoms with Gasteiger partial charge in [0.15, 0.2) is 0 Å². The predicted molar refractivity (Wildman–Crippen MR) is 88.7 cm³/mol. The van der Waals surface area contributed by atoms with E-state index in [1.807, 2.05) is 17.2 Å². The Balaban J connectivity index is 1.72. The summed E-state index contributed by atoms with van der Waals surface area (Å²) in [6.07, 6.45) is 2.04. The van der Waals surface area contributed by atoms with Gasteiger partial charge in [-0.3, -0.25) is 9.48 Å². The summed E-state index contributed by atoms with van der Waals surface area (Å²) in [7, 11) is 1.63. The van der Waals surface area contributed by atoms with Gasteiger partial charge in [0.2, 0.25) is 0 Å². The average molecular weight is 334 g/mol. The first-order valence-corrected chi connectivity index (χ1v) is 8.72. The highest BCUT2D eigenvalue weighted by molar-refractivity contribution is 7.09. The molecule has 7 heteroatoms. The number of aryl methyl sites for hydroxylation is 2. The van der Waals surface area contributed by atoms with Gasteiger partial charge < -0.3 is 9.64 Å². The van der Waals surface area contributed by atoms with E-state index in [0.717, 1.165) is 35.8 Å². The topological polar surface area (TPSA) is 60.2 Å². The van der Waals surface area contributed by atoms with Crippen LogP contribution in [0.3, 0.4) is 0 Å². The van der Waals surface area contributed by atoms with Gasteiger partial charge in [-0.15, -0.1) is 11.3 Å². The van der Waals surface area contributed by atoms with Gasteiger partial charge in [-0.2, -0.15) is 5.10 Å². The summed E-state index contributed by atoms with van der Waals surface area (Å²) in [4.78, 5) is 19.0. The fourth-order valence-corrected chi connectivity index (χ4v) is 3.85. The third-order valence-electron chi connectivity index (χ3n) is 4.11. The molecule has 3 heterocycles. The molecule has 1 aliphatic rings. The zero-order chi connectivity index (χ0) is 16.4. The number of piperidine rings is 1. The number of aromatic nitrogens is 3. The fraction of sp³-hybridized carbons (Fsp3) is 0.562. The molecule has 0 saturated carbocycles. The number of ether oxygens (including phenoxy) is 1. The summed E-state index contributed by atoms with van der Waals surface area (Å²) < 4.78 is 7.13. The molecule has 1 amide bonds. The number of amides is 1. The minimum absolute atomic E-state index is 0.00911. The van der Waals surface area contributed by atoms with E-state index in [1.165, 1.54) is 11.3 Å². The highest BCUT2D eigenvalue weighted by Gasteiger charge is 2.27. The fourth-order valence-electron chi connectivity index (χ4n) is 3.12. The molecule has 0 N–H and O–H groups in total. The quantitative estimate of drug-likeness (QED) is 0.862. The molecule has 3 rings (SSSR count). The van der Waals surface area contributed by atoms with E-state index in [1.54, 1.807) is 7.11 Å². The van der Waals surface area contributed by atoms with Crippen molar-refractivity contribution in [3.05, 3.63) is 33.5 Å². The molecule has 1 atom stereocenters. The summed E-state index contributed by atoms with van der Waals surface area (Å²) in [5.41, 5.74) is 2.70. The predicted octanol–water partition coefficient (Wildman–Crippen LogP) is 2.58. The third kappa shape index (κ3) is 3.45. The maximum atomic E-state index is 12.7. The molecule has 124 valence electrons. The van der Waals surface area contributed by atoms with Crippen LogP contribution in [-0.4, -0.2) is 45.8 Å². The number of thiazole rings is 1. The van der Waals surface area contributed by atoms with Crippen LogP contribution in [0, 0.1) is 13.8 Å². The van der Waals surface area contributed by atoms with Gasteiger partial charge in [0.05, 0.1) is 18.3 Å². The summed E-state index contributed by atoms with van der Waals surface area (Å²) in [5.74, 6) is 0.00911. The first-order valence-electron chi connectivity index (χ1n) is 7.84. The molecule has 0 bridgehead atoms. The molecule has 0 unspecified atom stereocenters. The number of carbonyl (C=O) groups is 1. The van der Waals surface area contributed by atoms with Crippen LogP contribution in [0.5, 0.6) is 0 Å². The third-order valence-corrected chi connectivity index (χ3v) is 4.94. The first-order chi connectivity index (χ1) is 11.1. The molecular formula is C16H22N4O2S. The van der Waals surface area contributed by atoms with Crippen LogP contribution in [0.25, 0.3) is 0 Å². The molecule has 1 saturated heterocycles. The Bertz CT molecular complexity index is 694. The van der Waals surface area contributed by atoms with Crippen LogP contribution in [0.4, 0.5) is 0 Å². The van der Waals surface area contributed by atoms with Crippen molar-refractivity contribution in [2.24, 2.45) is 0 Å². The van der Waals surface area contributed by atoms with Crippen molar-refractivity contribution in [3.8, 4) is 0 Å². The van der Waals surface area contributed by atoms with E-state index in [4.69, 9.17) is 4.74 Å². The Kier molecular flexibility index (Phi) is 4.77. The van der Waals surface area contributed by atoms with Crippen molar-refractivity contribution >= 4 is 17.2 Å². The minimum Gasteiger partial charge on any atom is -0.378 e. The van der Waals surface area contributed by atoms with Crippen molar-refractivity contribution in [3.63, 3.8) is 0 Å². The van der Waals surface area contributed by atoms with Gasteiger partial charge in [-0.1, -0.05) is 0 Å². The molecule has 0 aliphatic carbocycles. The van der Waals surface area contributed by atoms with Crippen molar-refractivity contribution < 1.29 is 9.53 Å². The lowest BCUT2D eigenvalue weighted by atomic mass is 10.1. The second-order valence-corrected chi connectivity index (χ2v) is 6.92. The number of carbonyl (C=O) groups excluding carboxylic acids is 1. The van der Waals surface area contributed by atoms with E-state index < -0.39 is 0 Å². The number of nitrogens with zero attached hydrogens (tertiary/aromatic N) is 4. The number of hydrogen-bond donors (Lipinski definition) is 0. The zero-order valence-electron chi connectivity index (χ0n) is 13.8. The van der Waals surface area contributed by atoms with E-state index in [2.05, 4.69) is 27.8 Å². The Morgan fingerprint density at radius 3 is 3.00 bits per heavy atom. The Hall–Kier alpha value is -1.73. The van der Waals surface area contributed by atoms with Gasteiger partial charge in [-0.25, -0.2) is 4.98 Å². The van der Waals surface area contributed by atoms with E-state index in [0.29, 0.717) is 18.8 Å². The highest BCUT2D eigenvalue weighted by Crippen LogP contribution is 2.24. The smallest absolute Gasteiger partial charge is 0.273 e. The van der Waals surface area contributed by atoms with Crippen LogP contribution in [0.2, 0.25) is 0 Å². The minimum atomic E-state index is 0.00911. The SMILES string of the molecule is COCc1nc(C(=O)N2CCC[C@@H](n3nc(C)cc3C)C2)cs1. The van der Waals surface area contributed by atoms with Crippen LogP contribution >= 0.6 is 11.3 Å². The monoisotopic (exact) mass is 334 g/mol. The Morgan fingerprint density at radius 1 is 1.48 bits per heavy atom. The van der Waals surface area contributed by atoms with E-state index in [9.17, 15) is 4.79 Å². The molecule has 2 aromatic rings. The average Bonchev–Trinajstić information content (AvgIpc) is 3.13. The van der Waals surface area contributed by atoms with Crippen molar-refractivity contribution in [1.29, 1.82) is 0 Å². The van der Waals surface area contributed by atoms with Crippen LogP contribution < -0.4 is 0 Å². The van der Waals surface area contributed by atoms with Crippen molar-refractivity contribution in [1.82, 2.24) is 19.7 Å². The van der Waals surface area contributed by atoms with Crippen LogP contribution in [-0.2, 0) is 11.3 Å².